The Balaban J connectivity index is 2.55. The Labute approximate surface area is 64.6 Å². The Hall–Kier alpha value is -0.200. The van der Waals surface area contributed by atoms with Gasteiger partial charge in [-0.2, -0.15) is 0 Å². The second kappa shape index (κ2) is 3.46. The van der Waals surface area contributed by atoms with Crippen molar-refractivity contribution in [3.63, 3.8) is 0 Å². The van der Waals surface area contributed by atoms with Crippen molar-refractivity contribution in [1.29, 1.82) is 0 Å². The highest BCUT2D eigenvalue weighted by atomic mass is 16.6. The maximum absolute atomic E-state index is 9.21. The van der Waals surface area contributed by atoms with Gasteiger partial charge in [-0.1, -0.05) is 0 Å². The molecule has 1 aliphatic rings. The first kappa shape index (κ1) is 8.89. The topological polar surface area (TPSA) is 82.0 Å². The molecule has 4 N–H and O–H groups in total. The van der Waals surface area contributed by atoms with Gasteiger partial charge in [0, 0.05) is 0 Å². The molecule has 1 fully saturated rings. The third-order valence-corrected chi connectivity index (χ3v) is 1.85. The van der Waals surface area contributed by atoms with E-state index in [-0.39, 0.29) is 6.61 Å². The fourth-order valence-corrected chi connectivity index (χ4v) is 1.17. The fraction of sp³-hybridized carbons (Fsp3) is 1.00. The molecule has 5 nitrogen and oxygen atoms in total. The SMILES string of the molecule is CN[C@H]1[C@H](O)COC(O)[C@@H]1O. The van der Waals surface area contributed by atoms with E-state index in [4.69, 9.17) is 5.11 Å². The zero-order valence-electron chi connectivity index (χ0n) is 6.27. The third-order valence-electron chi connectivity index (χ3n) is 1.85. The van der Waals surface area contributed by atoms with Crippen molar-refractivity contribution < 1.29 is 20.1 Å². The predicted molar refractivity (Wildman–Crippen MR) is 36.8 cm³/mol. The maximum Gasteiger partial charge on any atom is 0.182 e. The average Bonchev–Trinajstić information content (AvgIpc) is 1.99. The molecule has 0 aromatic rings. The lowest BCUT2D eigenvalue weighted by molar-refractivity contribution is -0.223. The number of nitrogens with one attached hydrogen (secondary N) is 1. The maximum atomic E-state index is 9.21. The largest absolute Gasteiger partial charge is 0.389 e. The number of ether oxygens (including phenoxy) is 1. The summed E-state index contributed by atoms with van der Waals surface area (Å²) in [4.78, 5) is 0. The number of hydrogen-bond donors (Lipinski definition) is 4. The molecule has 1 unspecified atom stereocenters. The second-order valence-electron chi connectivity index (χ2n) is 2.60. The van der Waals surface area contributed by atoms with E-state index in [1.54, 1.807) is 7.05 Å². The highest BCUT2D eigenvalue weighted by molar-refractivity contribution is 4.86. The summed E-state index contributed by atoms with van der Waals surface area (Å²) in [5.74, 6) is 0. The van der Waals surface area contributed by atoms with Crippen LogP contribution in [0.3, 0.4) is 0 Å². The van der Waals surface area contributed by atoms with Crippen LogP contribution in [0.1, 0.15) is 0 Å². The summed E-state index contributed by atoms with van der Waals surface area (Å²) >= 11 is 0. The van der Waals surface area contributed by atoms with E-state index in [0.717, 1.165) is 0 Å². The molecule has 4 atom stereocenters. The summed E-state index contributed by atoms with van der Waals surface area (Å²) in [6.45, 7) is 0.0454. The Morgan fingerprint density at radius 1 is 1.36 bits per heavy atom. The number of likely N-dealkylation sites (N-methyl/N-ethyl adjacent to an activating group) is 1. The first-order chi connectivity index (χ1) is 5.16. The minimum Gasteiger partial charge on any atom is -0.389 e. The summed E-state index contributed by atoms with van der Waals surface area (Å²) in [5.41, 5.74) is 0. The molecule has 66 valence electrons. The monoisotopic (exact) mass is 163 g/mol. The van der Waals surface area contributed by atoms with E-state index < -0.39 is 24.5 Å². The van der Waals surface area contributed by atoms with E-state index >= 15 is 0 Å². The van der Waals surface area contributed by atoms with Crippen molar-refractivity contribution in [2.45, 2.75) is 24.5 Å². The minimum atomic E-state index is -1.20. The summed E-state index contributed by atoms with van der Waals surface area (Å²) in [7, 11) is 1.61. The standard InChI is InChI=1S/C6H13NO4/c1-7-4-3(8)2-11-6(10)5(4)9/h3-10H,2H2,1H3/t3-,4+,5-,6?/m1/s1. The zero-order valence-corrected chi connectivity index (χ0v) is 6.27. The molecule has 1 aliphatic heterocycles. The summed E-state index contributed by atoms with van der Waals surface area (Å²) in [6.07, 6.45) is -3.03. The molecule has 0 saturated carbocycles. The molecule has 1 rings (SSSR count). The highest BCUT2D eigenvalue weighted by Crippen LogP contribution is 2.12. The van der Waals surface area contributed by atoms with Crippen LogP contribution in [0.25, 0.3) is 0 Å². The van der Waals surface area contributed by atoms with Crippen molar-refractivity contribution >= 4 is 0 Å². The molecule has 0 aromatic carbocycles. The molecule has 1 saturated heterocycles. The Morgan fingerprint density at radius 2 is 2.00 bits per heavy atom. The second-order valence-corrected chi connectivity index (χ2v) is 2.60. The summed E-state index contributed by atoms with van der Waals surface area (Å²) in [5, 5.41) is 30.1. The lowest BCUT2D eigenvalue weighted by Crippen LogP contribution is -2.58. The van der Waals surface area contributed by atoms with Gasteiger partial charge in [0.2, 0.25) is 0 Å². The van der Waals surface area contributed by atoms with E-state index in [1.165, 1.54) is 0 Å². The Kier molecular flexibility index (Phi) is 2.80. The van der Waals surface area contributed by atoms with Crippen LogP contribution in [0.15, 0.2) is 0 Å². The molecule has 0 aromatic heterocycles. The van der Waals surface area contributed by atoms with Gasteiger partial charge in [-0.15, -0.1) is 0 Å². The van der Waals surface area contributed by atoms with Gasteiger partial charge in [0.15, 0.2) is 6.29 Å². The van der Waals surface area contributed by atoms with Crippen LogP contribution in [0, 0.1) is 0 Å². The van der Waals surface area contributed by atoms with Gasteiger partial charge in [0.05, 0.1) is 18.8 Å². The van der Waals surface area contributed by atoms with Crippen LogP contribution in [0.5, 0.6) is 0 Å². The molecule has 1 heterocycles. The van der Waals surface area contributed by atoms with Crippen molar-refractivity contribution in [2.24, 2.45) is 0 Å². The first-order valence-corrected chi connectivity index (χ1v) is 3.50. The van der Waals surface area contributed by atoms with Crippen LogP contribution >= 0.6 is 0 Å². The molecule has 0 radical (unpaired) electrons. The first-order valence-electron chi connectivity index (χ1n) is 3.50. The zero-order chi connectivity index (χ0) is 8.43. The van der Waals surface area contributed by atoms with E-state index in [2.05, 4.69) is 10.1 Å². The fourth-order valence-electron chi connectivity index (χ4n) is 1.17. The molecule has 0 aliphatic carbocycles. The molecule has 0 bridgehead atoms. The molecule has 11 heavy (non-hydrogen) atoms. The normalized spacial score (nSPS) is 45.8. The summed E-state index contributed by atoms with van der Waals surface area (Å²) in [6, 6.07) is -0.515. The van der Waals surface area contributed by atoms with E-state index in [1.807, 2.05) is 0 Å². The van der Waals surface area contributed by atoms with Gasteiger partial charge in [0.25, 0.3) is 0 Å². The minimum absolute atomic E-state index is 0.0454. The van der Waals surface area contributed by atoms with Gasteiger partial charge in [-0.3, -0.25) is 0 Å². The molecular weight excluding hydrogens is 150 g/mol. The number of hydrogen-bond acceptors (Lipinski definition) is 5. The van der Waals surface area contributed by atoms with Crippen LogP contribution < -0.4 is 5.32 Å². The van der Waals surface area contributed by atoms with Crippen molar-refractivity contribution in [2.75, 3.05) is 13.7 Å². The number of aliphatic hydroxyl groups is 3. The molecule has 5 heteroatoms. The van der Waals surface area contributed by atoms with Crippen LogP contribution in [-0.4, -0.2) is 53.5 Å². The van der Waals surface area contributed by atoms with Crippen LogP contribution in [0.4, 0.5) is 0 Å². The van der Waals surface area contributed by atoms with Crippen LogP contribution in [0.2, 0.25) is 0 Å². The van der Waals surface area contributed by atoms with Crippen molar-refractivity contribution in [1.82, 2.24) is 5.32 Å². The van der Waals surface area contributed by atoms with Crippen molar-refractivity contribution in [3.8, 4) is 0 Å². The smallest absolute Gasteiger partial charge is 0.182 e. The highest BCUT2D eigenvalue weighted by Gasteiger charge is 2.36. The van der Waals surface area contributed by atoms with Gasteiger partial charge >= 0.3 is 0 Å². The molecule has 0 amide bonds. The van der Waals surface area contributed by atoms with Gasteiger partial charge in [-0.25, -0.2) is 0 Å². The van der Waals surface area contributed by atoms with E-state index in [9.17, 15) is 10.2 Å². The molecule has 0 spiro atoms. The van der Waals surface area contributed by atoms with E-state index in [0.29, 0.717) is 0 Å². The van der Waals surface area contributed by atoms with Crippen LogP contribution in [-0.2, 0) is 4.74 Å². The number of rotatable bonds is 1. The summed E-state index contributed by atoms with van der Waals surface area (Å²) < 4.78 is 4.65. The Bertz CT molecular complexity index is 132. The van der Waals surface area contributed by atoms with Crippen molar-refractivity contribution in [3.05, 3.63) is 0 Å². The lowest BCUT2D eigenvalue weighted by Gasteiger charge is -2.35. The molecular formula is C6H13NO4. The Morgan fingerprint density at radius 3 is 2.45 bits per heavy atom. The van der Waals surface area contributed by atoms with Gasteiger partial charge in [-0.05, 0) is 7.05 Å². The third kappa shape index (κ3) is 1.69. The average molecular weight is 163 g/mol. The predicted octanol–water partition coefficient (Wildman–Crippen LogP) is -2.36. The number of aliphatic hydroxyl groups excluding tert-OH is 3. The quantitative estimate of drug-likeness (QED) is 0.348. The van der Waals surface area contributed by atoms with Gasteiger partial charge in [0.1, 0.15) is 6.10 Å². The van der Waals surface area contributed by atoms with Gasteiger partial charge < -0.3 is 25.4 Å². The lowest BCUT2D eigenvalue weighted by atomic mass is 10.0.